The lowest BCUT2D eigenvalue weighted by atomic mass is 10.1. The van der Waals surface area contributed by atoms with Gasteiger partial charge in [0.15, 0.2) is 0 Å². The Morgan fingerprint density at radius 2 is 1.73 bits per heavy atom. The van der Waals surface area contributed by atoms with E-state index in [9.17, 15) is 18.0 Å². The van der Waals surface area contributed by atoms with Crippen LogP contribution in [-0.2, 0) is 21.4 Å². The van der Waals surface area contributed by atoms with Gasteiger partial charge >= 0.3 is 6.03 Å². The molecule has 2 aromatic carbocycles. The van der Waals surface area contributed by atoms with E-state index in [4.69, 9.17) is 0 Å². The van der Waals surface area contributed by atoms with Gasteiger partial charge in [-0.1, -0.05) is 24.3 Å². The second kappa shape index (κ2) is 9.27. The number of urea groups is 1. The third-order valence-electron chi connectivity index (χ3n) is 4.86. The number of anilines is 2. The molecule has 1 aliphatic rings. The fourth-order valence-corrected chi connectivity index (χ4v) is 4.61. The van der Waals surface area contributed by atoms with Crippen molar-refractivity contribution in [2.45, 2.75) is 32.4 Å². The zero-order chi connectivity index (χ0) is 21.7. The Bertz CT molecular complexity index is 1040. The summed E-state index contributed by atoms with van der Waals surface area (Å²) >= 11 is 0. The molecular weight excluding hydrogens is 404 g/mol. The maximum absolute atomic E-state index is 12.5. The van der Waals surface area contributed by atoms with Gasteiger partial charge in [-0.2, -0.15) is 4.31 Å². The molecule has 3 rings (SSSR count). The second-order valence-corrected chi connectivity index (χ2v) is 9.33. The van der Waals surface area contributed by atoms with Crippen LogP contribution in [-0.4, -0.2) is 43.5 Å². The van der Waals surface area contributed by atoms with Crippen molar-refractivity contribution < 1.29 is 18.0 Å². The molecule has 0 aromatic heterocycles. The first-order chi connectivity index (χ1) is 14.2. The van der Waals surface area contributed by atoms with Gasteiger partial charge < -0.3 is 16.0 Å². The Hall–Kier alpha value is -2.91. The molecule has 1 aliphatic heterocycles. The number of rotatable bonds is 6. The SMILES string of the molecule is Cc1cccc(NC(=O)Nc2cccc(CNC(=O)C3CCCN3S(C)(=O)=O)c2)c1. The van der Waals surface area contributed by atoms with E-state index in [0.717, 1.165) is 17.4 Å². The van der Waals surface area contributed by atoms with Crippen molar-refractivity contribution in [3.8, 4) is 0 Å². The number of nitrogens with zero attached hydrogens (tertiary/aromatic N) is 1. The molecule has 1 heterocycles. The summed E-state index contributed by atoms with van der Waals surface area (Å²) in [5.41, 5.74) is 3.12. The molecule has 30 heavy (non-hydrogen) atoms. The number of carbonyl (C=O) groups excluding carboxylic acids is 2. The van der Waals surface area contributed by atoms with E-state index >= 15 is 0 Å². The Kier molecular flexibility index (Phi) is 6.73. The predicted molar refractivity (Wildman–Crippen MR) is 117 cm³/mol. The van der Waals surface area contributed by atoms with Gasteiger partial charge in [-0.05, 0) is 55.2 Å². The minimum Gasteiger partial charge on any atom is -0.351 e. The van der Waals surface area contributed by atoms with Gasteiger partial charge in [-0.25, -0.2) is 13.2 Å². The smallest absolute Gasteiger partial charge is 0.323 e. The Morgan fingerprint density at radius 1 is 1.07 bits per heavy atom. The molecule has 0 saturated carbocycles. The molecule has 0 spiro atoms. The van der Waals surface area contributed by atoms with Crippen LogP contribution in [0.3, 0.4) is 0 Å². The first kappa shape index (κ1) is 21.8. The van der Waals surface area contributed by atoms with Crippen LogP contribution in [0.5, 0.6) is 0 Å². The summed E-state index contributed by atoms with van der Waals surface area (Å²) in [6.07, 6.45) is 2.30. The number of amides is 3. The van der Waals surface area contributed by atoms with Crippen molar-refractivity contribution in [3.05, 3.63) is 59.7 Å². The van der Waals surface area contributed by atoms with Crippen LogP contribution in [0.1, 0.15) is 24.0 Å². The third kappa shape index (κ3) is 5.80. The van der Waals surface area contributed by atoms with Gasteiger partial charge in [0.1, 0.15) is 6.04 Å². The molecule has 1 atom stereocenters. The van der Waals surface area contributed by atoms with Crippen LogP contribution in [0.15, 0.2) is 48.5 Å². The molecule has 3 amide bonds. The van der Waals surface area contributed by atoms with Crippen molar-refractivity contribution in [1.29, 1.82) is 0 Å². The Morgan fingerprint density at radius 3 is 2.40 bits per heavy atom. The van der Waals surface area contributed by atoms with Gasteiger partial charge in [0.25, 0.3) is 0 Å². The number of carbonyl (C=O) groups is 2. The number of benzene rings is 2. The van der Waals surface area contributed by atoms with E-state index in [2.05, 4.69) is 16.0 Å². The first-order valence-corrected chi connectivity index (χ1v) is 11.6. The van der Waals surface area contributed by atoms with Gasteiger partial charge in [0.05, 0.1) is 6.26 Å². The van der Waals surface area contributed by atoms with Crippen molar-refractivity contribution in [2.24, 2.45) is 0 Å². The van der Waals surface area contributed by atoms with Crippen molar-refractivity contribution >= 4 is 33.3 Å². The Balaban J connectivity index is 1.56. The van der Waals surface area contributed by atoms with Crippen LogP contribution in [0.2, 0.25) is 0 Å². The lowest BCUT2D eigenvalue weighted by Crippen LogP contribution is -2.45. The molecule has 1 saturated heterocycles. The number of hydrogen-bond donors (Lipinski definition) is 3. The molecule has 3 N–H and O–H groups in total. The fraction of sp³-hybridized carbons (Fsp3) is 0.333. The maximum Gasteiger partial charge on any atom is 0.323 e. The van der Waals surface area contributed by atoms with Gasteiger partial charge in [0.2, 0.25) is 15.9 Å². The van der Waals surface area contributed by atoms with Gasteiger partial charge in [0, 0.05) is 24.5 Å². The lowest BCUT2D eigenvalue weighted by molar-refractivity contribution is -0.124. The van der Waals surface area contributed by atoms with E-state index in [1.807, 2.05) is 31.2 Å². The summed E-state index contributed by atoms with van der Waals surface area (Å²) < 4.78 is 24.9. The van der Waals surface area contributed by atoms with Gasteiger partial charge in [-0.15, -0.1) is 0 Å². The minimum absolute atomic E-state index is 0.238. The summed E-state index contributed by atoms with van der Waals surface area (Å²) in [4.78, 5) is 24.7. The second-order valence-electron chi connectivity index (χ2n) is 7.40. The number of hydrogen-bond acceptors (Lipinski definition) is 4. The van der Waals surface area contributed by atoms with Crippen LogP contribution in [0.25, 0.3) is 0 Å². The lowest BCUT2D eigenvalue weighted by Gasteiger charge is -2.21. The summed E-state index contributed by atoms with van der Waals surface area (Å²) in [6, 6.07) is 13.6. The topological polar surface area (TPSA) is 108 Å². The maximum atomic E-state index is 12.5. The van der Waals surface area contributed by atoms with Crippen LogP contribution in [0.4, 0.5) is 16.2 Å². The standard InChI is InChI=1S/C21H26N4O4S/c1-15-6-3-8-17(12-15)23-21(27)24-18-9-4-7-16(13-18)14-22-20(26)19-10-5-11-25(19)30(2,28)29/h3-4,6-9,12-13,19H,5,10-11,14H2,1-2H3,(H,22,26)(H2,23,24,27). The third-order valence-corrected chi connectivity index (χ3v) is 6.15. The fourth-order valence-electron chi connectivity index (χ4n) is 3.48. The van der Waals surface area contributed by atoms with E-state index in [-0.39, 0.29) is 18.5 Å². The summed E-state index contributed by atoms with van der Waals surface area (Å²) in [7, 11) is -3.41. The van der Waals surface area contributed by atoms with Crippen LogP contribution in [0, 0.1) is 6.92 Å². The molecule has 1 fully saturated rings. The average Bonchev–Trinajstić information content (AvgIpc) is 3.17. The van der Waals surface area contributed by atoms with Crippen molar-refractivity contribution in [3.63, 3.8) is 0 Å². The van der Waals surface area contributed by atoms with E-state index in [0.29, 0.717) is 30.8 Å². The van der Waals surface area contributed by atoms with Crippen LogP contribution < -0.4 is 16.0 Å². The number of nitrogens with one attached hydrogen (secondary N) is 3. The quantitative estimate of drug-likeness (QED) is 0.655. The Labute approximate surface area is 176 Å². The predicted octanol–water partition coefficient (Wildman–Crippen LogP) is 2.68. The molecule has 0 bridgehead atoms. The average molecular weight is 431 g/mol. The van der Waals surface area contributed by atoms with Crippen molar-refractivity contribution in [1.82, 2.24) is 9.62 Å². The highest BCUT2D eigenvalue weighted by Crippen LogP contribution is 2.20. The molecule has 0 aliphatic carbocycles. The number of aryl methyl sites for hydroxylation is 1. The molecule has 2 aromatic rings. The van der Waals surface area contributed by atoms with E-state index < -0.39 is 16.1 Å². The summed E-state index contributed by atoms with van der Waals surface area (Å²) in [6.45, 7) is 2.55. The molecule has 9 heteroatoms. The first-order valence-electron chi connectivity index (χ1n) is 9.70. The molecule has 0 radical (unpaired) electrons. The molecular formula is C21H26N4O4S. The van der Waals surface area contributed by atoms with Crippen LogP contribution >= 0.6 is 0 Å². The summed E-state index contributed by atoms with van der Waals surface area (Å²) in [5.74, 6) is -0.312. The monoisotopic (exact) mass is 430 g/mol. The normalized spacial score (nSPS) is 16.8. The highest BCUT2D eigenvalue weighted by molar-refractivity contribution is 7.88. The largest absolute Gasteiger partial charge is 0.351 e. The molecule has 160 valence electrons. The summed E-state index contributed by atoms with van der Waals surface area (Å²) in [5, 5.41) is 8.34. The molecule has 8 nitrogen and oxygen atoms in total. The van der Waals surface area contributed by atoms with E-state index in [1.165, 1.54) is 4.31 Å². The number of sulfonamides is 1. The zero-order valence-corrected chi connectivity index (χ0v) is 17.8. The highest BCUT2D eigenvalue weighted by atomic mass is 32.2. The molecule has 1 unspecified atom stereocenters. The van der Waals surface area contributed by atoms with E-state index in [1.54, 1.807) is 24.3 Å². The minimum atomic E-state index is -3.41. The van der Waals surface area contributed by atoms with Gasteiger partial charge in [-0.3, -0.25) is 4.79 Å². The zero-order valence-electron chi connectivity index (χ0n) is 17.0. The highest BCUT2D eigenvalue weighted by Gasteiger charge is 2.36. The van der Waals surface area contributed by atoms with Crippen molar-refractivity contribution in [2.75, 3.05) is 23.4 Å².